The maximum Gasteiger partial charge on any atom is 0.195 e. The number of benzene rings is 6. The number of ether oxygens (including phenoxy) is 6. The summed E-state index contributed by atoms with van der Waals surface area (Å²) < 4.78 is 76.0. The first kappa shape index (κ1) is 92.0. The highest BCUT2D eigenvalue weighted by Crippen LogP contribution is 2.46. The van der Waals surface area contributed by atoms with Gasteiger partial charge in [0.25, 0.3) is 0 Å². The lowest BCUT2D eigenvalue weighted by atomic mass is 10.0. The van der Waals surface area contributed by atoms with Crippen molar-refractivity contribution >= 4 is 28.9 Å². The molecule has 5 unspecified atom stereocenters. The van der Waals surface area contributed by atoms with Gasteiger partial charge in [-0.1, -0.05) is 12.1 Å². The summed E-state index contributed by atoms with van der Waals surface area (Å²) in [6, 6.07) is 47.8. The van der Waals surface area contributed by atoms with Gasteiger partial charge in [0, 0.05) is 118 Å². The highest BCUT2D eigenvalue weighted by atomic mass is 19.1. The zero-order valence-electron chi connectivity index (χ0n) is 73.5. The zero-order valence-corrected chi connectivity index (χ0v) is 73.5. The first-order chi connectivity index (χ1) is 63.4. The van der Waals surface area contributed by atoms with Crippen LogP contribution in [0.2, 0.25) is 0 Å². The fourth-order valence-electron chi connectivity index (χ4n) is 21.0. The molecule has 5 saturated carbocycles. The van der Waals surface area contributed by atoms with Gasteiger partial charge in [-0.2, -0.15) is 0 Å². The zero-order chi connectivity index (χ0) is 91.2. The number of likely N-dealkylation sites (tertiary alicyclic amines) is 5. The lowest BCUT2D eigenvalue weighted by molar-refractivity contribution is 0.0924. The Kier molecular flexibility index (Phi) is 30.0. The second kappa shape index (κ2) is 42.7. The van der Waals surface area contributed by atoms with Crippen molar-refractivity contribution in [1.29, 1.82) is 0 Å². The molecule has 0 bridgehead atoms. The van der Waals surface area contributed by atoms with Crippen molar-refractivity contribution in [3.63, 3.8) is 0 Å². The van der Waals surface area contributed by atoms with Gasteiger partial charge in [0.2, 0.25) is 0 Å². The van der Waals surface area contributed by atoms with Crippen molar-refractivity contribution in [1.82, 2.24) is 44.4 Å². The van der Waals surface area contributed by atoms with Crippen molar-refractivity contribution in [3.05, 3.63) is 270 Å². The van der Waals surface area contributed by atoms with Crippen molar-refractivity contribution in [3.8, 4) is 63.2 Å². The molecule has 10 aliphatic rings. The summed E-state index contributed by atoms with van der Waals surface area (Å²) in [5.41, 5.74) is 2.93. The van der Waals surface area contributed by atoms with E-state index in [0.29, 0.717) is 118 Å². The van der Waals surface area contributed by atoms with Crippen molar-refractivity contribution < 1.29 is 91.1 Å². The number of fused-ring (bicyclic) bond motifs is 5. The Balaban J connectivity index is 0.000000120. The molecule has 0 amide bonds. The van der Waals surface area contributed by atoms with Crippen LogP contribution in [0, 0.1) is 83.6 Å². The molecule has 10 fully saturated rings. The number of aryl methyl sites for hydroxylation is 1. The maximum absolute atomic E-state index is 13.7. The highest BCUT2D eigenvalue weighted by Gasteiger charge is 2.47. The molecule has 5 N–H and O–H groups in total. The topological polar surface area (TPSA) is 310 Å². The van der Waals surface area contributed by atoms with E-state index in [9.17, 15) is 62.7 Å². The van der Waals surface area contributed by atoms with Gasteiger partial charge in [0.1, 0.15) is 63.3 Å². The molecule has 10 aromatic rings. The molecule has 686 valence electrons. The number of ketones is 5. The van der Waals surface area contributed by atoms with Crippen LogP contribution in [0.3, 0.4) is 0 Å². The Morgan fingerprint density at radius 2 is 0.611 bits per heavy atom. The lowest BCUT2D eigenvalue weighted by Gasteiger charge is -2.19. The number of nitrogens with zero attached hydrogens (tertiary/aromatic N) is 9. The van der Waals surface area contributed by atoms with Crippen LogP contribution in [-0.4, -0.2) is 235 Å². The standard InChI is InChI=1S/C22H24FNO3.C21H24N2O4.2C20H21FN2O3.C20H22N2O3/c1-14-2-7-19(10-21(14)23)27-20-8-16-11-24(12-17(16)9-20)13-22(26)15-3-5-18(25)6-4-15;1-26-17-3-2-4-18(9-17)27-19-7-14-11-23(12-15(14)8-19)13-21(25)20-6-5-16(24)10-22-20;2*21-18-8-13(3-4-19(18)24)20(25)12-23-10-14-6-17(7-15(14)11-23)26-16-2-1-5-22-9-16;23-17-5-3-14(4-6-17)20(24)13-22-11-15-8-19(9-16(15)12-22)25-18-2-1-7-21-10-18/h2-7,10,16-17,20,25H,8-9,11-13H2,1H3;2-6,9-10,14-15,19,24H,7-8,11-13H2,1H3;2*1-5,8-9,14-15,17,24H,6-7,10-12H2;1-7,10,15-16,19,23H,8-9,11-13H2/t16-,17+,20?;14-,15+,19?;2*14-,15+,17?;15-,16+,19?. The third-order valence-corrected chi connectivity index (χ3v) is 27.3. The van der Waals surface area contributed by atoms with E-state index in [0.717, 1.165) is 171 Å². The van der Waals surface area contributed by atoms with Crippen LogP contribution >= 0.6 is 0 Å². The van der Waals surface area contributed by atoms with Crippen molar-refractivity contribution in [2.45, 2.75) is 102 Å². The van der Waals surface area contributed by atoms with Gasteiger partial charge in [-0.05, 0) is 288 Å². The number of carbonyl (C=O) groups is 5. The molecule has 5 saturated heterocycles. The van der Waals surface area contributed by atoms with Crippen LogP contribution in [0.15, 0.2) is 219 Å². The molecule has 25 nitrogen and oxygen atoms in total. The number of phenols is 4. The largest absolute Gasteiger partial charge is 0.508 e. The number of Topliss-reactive ketones (excluding diaryl/α,β-unsaturated/α-hetero) is 5. The molecule has 131 heavy (non-hydrogen) atoms. The number of methoxy groups -OCH3 is 1. The first-order valence-electron chi connectivity index (χ1n) is 45.3. The second-order valence-electron chi connectivity index (χ2n) is 36.7. The van der Waals surface area contributed by atoms with Gasteiger partial charge in [-0.15, -0.1) is 0 Å². The van der Waals surface area contributed by atoms with E-state index < -0.39 is 23.1 Å². The Hall–Kier alpha value is -12.3. The molecular weight excluding hydrogens is 1680 g/mol. The minimum Gasteiger partial charge on any atom is -0.508 e. The summed E-state index contributed by atoms with van der Waals surface area (Å²) in [7, 11) is 1.66. The van der Waals surface area contributed by atoms with Gasteiger partial charge < -0.3 is 54.0 Å². The number of phenolic OH excluding ortho intramolecular Hbond substituents is 4. The van der Waals surface area contributed by atoms with E-state index in [-0.39, 0.29) is 95.6 Å². The van der Waals surface area contributed by atoms with Crippen LogP contribution in [0.4, 0.5) is 13.2 Å². The molecule has 4 aromatic heterocycles. The van der Waals surface area contributed by atoms with E-state index in [1.807, 2.05) is 66.7 Å². The summed E-state index contributed by atoms with van der Waals surface area (Å²) in [6.45, 7) is 12.6. The Labute approximate surface area is 760 Å². The third kappa shape index (κ3) is 24.7. The molecular formula is C103H112F3N9O16. The summed E-state index contributed by atoms with van der Waals surface area (Å²) in [6.07, 6.45) is 22.7. The van der Waals surface area contributed by atoms with Crippen LogP contribution in [0.5, 0.6) is 63.2 Å². The number of hydrogen-bond acceptors (Lipinski definition) is 25. The third-order valence-electron chi connectivity index (χ3n) is 27.3. The number of aromatic nitrogens is 4. The number of carbonyl (C=O) groups excluding carboxylic acids is 5. The molecule has 6 aromatic carbocycles. The van der Waals surface area contributed by atoms with Crippen molar-refractivity contribution in [2.75, 3.05) is 105 Å². The predicted molar refractivity (Wildman–Crippen MR) is 482 cm³/mol. The van der Waals surface area contributed by atoms with E-state index in [4.69, 9.17) is 28.4 Å². The average Bonchev–Trinajstić information content (AvgIpc) is 1.68. The molecule has 9 heterocycles. The molecule has 0 radical (unpaired) electrons. The second-order valence-corrected chi connectivity index (χ2v) is 36.7. The van der Waals surface area contributed by atoms with E-state index in [1.54, 1.807) is 112 Å². The number of aromatic hydroxyl groups is 5. The Morgan fingerprint density at radius 3 is 0.916 bits per heavy atom. The molecule has 5 aliphatic carbocycles. The highest BCUT2D eigenvalue weighted by molar-refractivity contribution is 5.99. The van der Waals surface area contributed by atoms with Crippen LogP contribution in [0.25, 0.3) is 0 Å². The average molecular weight is 1790 g/mol. The number of hydrogen-bond donors (Lipinski definition) is 5. The Bertz CT molecular complexity index is 5340. The van der Waals surface area contributed by atoms with Gasteiger partial charge in [0.15, 0.2) is 52.0 Å². The van der Waals surface area contributed by atoms with E-state index in [2.05, 4.69) is 44.4 Å². The molecule has 0 spiro atoms. The van der Waals surface area contributed by atoms with Crippen LogP contribution < -0.4 is 28.4 Å². The molecule has 5 aliphatic heterocycles. The summed E-state index contributed by atoms with van der Waals surface area (Å²) in [5.74, 6) is 7.99. The van der Waals surface area contributed by atoms with Crippen LogP contribution in [0.1, 0.15) is 122 Å². The summed E-state index contributed by atoms with van der Waals surface area (Å²) in [5, 5.41) is 46.4. The van der Waals surface area contributed by atoms with E-state index in [1.165, 1.54) is 42.6 Å². The smallest absolute Gasteiger partial charge is 0.195 e. The normalized spacial score (nSPS) is 25.1. The first-order valence-corrected chi connectivity index (χ1v) is 45.3. The monoisotopic (exact) mass is 1790 g/mol. The fourth-order valence-corrected chi connectivity index (χ4v) is 21.0. The van der Waals surface area contributed by atoms with Gasteiger partial charge >= 0.3 is 0 Å². The lowest BCUT2D eigenvalue weighted by Crippen LogP contribution is -2.30. The minimum absolute atomic E-state index is 0.000783. The number of halogens is 3. The predicted octanol–water partition coefficient (Wildman–Crippen LogP) is 15.1. The number of rotatable bonds is 26. The van der Waals surface area contributed by atoms with Crippen LogP contribution in [-0.2, 0) is 0 Å². The van der Waals surface area contributed by atoms with Gasteiger partial charge in [-0.25, -0.2) is 18.2 Å². The SMILES string of the molecule is COc1cccc(OC2C[C@@H]3CN(CC(=O)c4ccc(O)cn4)C[C@@H]3C2)c1.Cc1ccc(OC2C[C@@H]3CN(CC(=O)c4ccc(O)cc4)C[C@@H]3C2)cc1F.O=C(CN1C[C@H]2CC(Oc3cccnc3)C[C@H]2C1)c1ccc(O)c(F)c1.O=C(CN1C[C@H]2CC(Oc3cccnc3)C[C@H]2C1)c1ccc(O)c(F)c1.O=C(CN1C[C@H]2CC(Oc3cccnc3)C[C@H]2C1)c1ccc(O)cc1. The summed E-state index contributed by atoms with van der Waals surface area (Å²) in [4.78, 5) is 89.1. The van der Waals surface area contributed by atoms with E-state index >= 15 is 0 Å². The minimum atomic E-state index is -0.760. The maximum atomic E-state index is 13.7. The quantitative estimate of drug-likeness (QED) is 0.0315. The summed E-state index contributed by atoms with van der Waals surface area (Å²) >= 11 is 0. The molecule has 20 rings (SSSR count). The fraction of sp³-hybridized carbons (Fsp3) is 0.408. The Morgan fingerprint density at radius 1 is 0.313 bits per heavy atom. The number of pyridine rings is 4. The molecule has 28 heteroatoms. The molecule has 15 atom stereocenters. The van der Waals surface area contributed by atoms with Gasteiger partial charge in [0.05, 0.1) is 95.1 Å². The van der Waals surface area contributed by atoms with Crippen molar-refractivity contribution in [2.24, 2.45) is 59.2 Å². The van der Waals surface area contributed by atoms with Gasteiger partial charge in [-0.3, -0.25) is 63.4 Å².